The second-order valence-corrected chi connectivity index (χ2v) is 7.83. The molecule has 0 saturated carbocycles. The normalized spacial score (nSPS) is 10.7. The molecule has 34 heavy (non-hydrogen) atoms. The first-order valence-electron chi connectivity index (χ1n) is 10.9. The molecule has 4 aromatic rings. The van der Waals surface area contributed by atoms with Gasteiger partial charge in [-0.15, -0.1) is 0 Å². The van der Waals surface area contributed by atoms with Crippen LogP contribution in [0.15, 0.2) is 72.8 Å². The van der Waals surface area contributed by atoms with E-state index in [4.69, 9.17) is 9.84 Å². The van der Waals surface area contributed by atoms with E-state index in [1.807, 2.05) is 38.1 Å². The Balaban J connectivity index is 1.70. The second-order valence-electron chi connectivity index (χ2n) is 7.83. The molecule has 1 heterocycles. The first kappa shape index (κ1) is 22.9. The van der Waals surface area contributed by atoms with Gasteiger partial charge in [0.15, 0.2) is 0 Å². The Morgan fingerprint density at radius 3 is 2.29 bits per heavy atom. The third-order valence-corrected chi connectivity index (χ3v) is 5.32. The summed E-state index contributed by atoms with van der Waals surface area (Å²) in [6.07, 6.45) is 0.619. The molecule has 0 aliphatic heterocycles. The predicted molar refractivity (Wildman–Crippen MR) is 129 cm³/mol. The molecule has 4 rings (SSSR count). The van der Waals surface area contributed by atoms with Crippen molar-refractivity contribution in [2.75, 3.05) is 5.32 Å². The van der Waals surface area contributed by atoms with Crippen LogP contribution >= 0.6 is 0 Å². The number of nitrogens with one attached hydrogen (secondary N) is 1. The number of rotatable bonds is 6. The number of benzene rings is 3. The number of nitrogens with zero attached hydrogens (tertiary/aromatic N) is 2. The maximum Gasteiger partial charge on any atom is 0.309 e. The van der Waals surface area contributed by atoms with Crippen molar-refractivity contribution < 1.29 is 18.7 Å². The molecule has 0 spiro atoms. The number of hydrogen-bond donors (Lipinski definition) is 1. The molecule has 1 aromatic heterocycles. The van der Waals surface area contributed by atoms with Gasteiger partial charge in [-0.3, -0.25) is 9.59 Å². The number of ether oxygens (including phenoxy) is 1. The molecule has 1 amide bonds. The fraction of sp³-hybridized carbons (Fsp3) is 0.148. The lowest BCUT2D eigenvalue weighted by molar-refractivity contribution is -0.132. The smallest absolute Gasteiger partial charge is 0.309 e. The van der Waals surface area contributed by atoms with Crippen LogP contribution in [0.4, 0.5) is 10.1 Å². The second kappa shape index (κ2) is 9.70. The molecule has 0 radical (unpaired) electrons. The molecular weight excluding hydrogens is 433 g/mol. The molecule has 0 atom stereocenters. The largest absolute Gasteiger partial charge is 0.407 e. The van der Waals surface area contributed by atoms with E-state index >= 15 is 0 Å². The summed E-state index contributed by atoms with van der Waals surface area (Å²) in [5, 5.41) is 7.41. The van der Waals surface area contributed by atoms with Crippen LogP contribution in [0.1, 0.15) is 35.5 Å². The van der Waals surface area contributed by atoms with E-state index in [0.29, 0.717) is 23.6 Å². The van der Waals surface area contributed by atoms with Gasteiger partial charge >= 0.3 is 5.97 Å². The Labute approximate surface area is 197 Å². The third-order valence-electron chi connectivity index (χ3n) is 5.32. The highest BCUT2D eigenvalue weighted by molar-refractivity contribution is 6.04. The summed E-state index contributed by atoms with van der Waals surface area (Å²) in [4.78, 5) is 24.4. The molecule has 6 nitrogen and oxygen atoms in total. The molecule has 0 bridgehead atoms. The number of anilines is 1. The van der Waals surface area contributed by atoms with E-state index in [1.165, 1.54) is 25.1 Å². The Morgan fingerprint density at radius 1 is 1.00 bits per heavy atom. The number of hydrogen-bond acceptors (Lipinski definition) is 4. The van der Waals surface area contributed by atoms with Gasteiger partial charge in [-0.2, -0.15) is 9.78 Å². The summed E-state index contributed by atoms with van der Waals surface area (Å²) < 4.78 is 21.2. The number of carbonyl (C=O) groups is 2. The van der Waals surface area contributed by atoms with Crippen molar-refractivity contribution >= 4 is 17.6 Å². The average Bonchev–Trinajstić information content (AvgIpc) is 3.18. The highest BCUT2D eigenvalue weighted by atomic mass is 19.1. The van der Waals surface area contributed by atoms with Crippen molar-refractivity contribution in [3.05, 3.63) is 95.4 Å². The molecule has 172 valence electrons. The zero-order chi connectivity index (χ0) is 24.2. The summed E-state index contributed by atoms with van der Waals surface area (Å²) >= 11 is 0. The first-order chi connectivity index (χ1) is 16.4. The average molecular weight is 458 g/mol. The van der Waals surface area contributed by atoms with E-state index < -0.39 is 17.7 Å². The van der Waals surface area contributed by atoms with Crippen LogP contribution in [0, 0.1) is 12.7 Å². The summed E-state index contributed by atoms with van der Waals surface area (Å²) in [6.45, 7) is 5.32. The number of amides is 1. The van der Waals surface area contributed by atoms with Crippen LogP contribution in [-0.4, -0.2) is 21.7 Å². The quantitative estimate of drug-likeness (QED) is 0.376. The molecule has 0 unspecified atom stereocenters. The lowest BCUT2D eigenvalue weighted by atomic mass is 10.0. The first-order valence-corrected chi connectivity index (χ1v) is 10.9. The van der Waals surface area contributed by atoms with Crippen LogP contribution < -0.4 is 10.1 Å². The van der Waals surface area contributed by atoms with Gasteiger partial charge in [-0.05, 0) is 55.3 Å². The Kier molecular flexibility index (Phi) is 6.54. The Bertz CT molecular complexity index is 1340. The minimum atomic E-state index is -0.584. The van der Waals surface area contributed by atoms with Crippen molar-refractivity contribution in [2.24, 2.45) is 0 Å². The Hall–Kier alpha value is -4.26. The topological polar surface area (TPSA) is 73.2 Å². The van der Waals surface area contributed by atoms with Gasteiger partial charge < -0.3 is 10.1 Å². The molecule has 0 aliphatic rings. The summed E-state index contributed by atoms with van der Waals surface area (Å²) in [5.74, 6) is -1.24. The lowest BCUT2D eigenvalue weighted by Crippen LogP contribution is -2.13. The fourth-order valence-corrected chi connectivity index (χ4v) is 3.64. The monoisotopic (exact) mass is 457 g/mol. The molecule has 7 heteroatoms. The van der Waals surface area contributed by atoms with Gasteiger partial charge in [-0.25, -0.2) is 4.39 Å². The highest BCUT2D eigenvalue weighted by Crippen LogP contribution is 2.36. The minimum absolute atomic E-state index is 0.0311. The number of halogens is 1. The summed E-state index contributed by atoms with van der Waals surface area (Å²) in [5.41, 5.74) is 4.59. The van der Waals surface area contributed by atoms with Crippen LogP contribution in [0.25, 0.3) is 16.8 Å². The van der Waals surface area contributed by atoms with Crippen LogP contribution in [0.3, 0.4) is 0 Å². The molecule has 0 saturated heterocycles. The maximum atomic E-state index is 13.9. The van der Waals surface area contributed by atoms with Crippen LogP contribution in [0.5, 0.6) is 5.88 Å². The van der Waals surface area contributed by atoms with Crippen molar-refractivity contribution in [3.63, 3.8) is 0 Å². The number of carbonyl (C=O) groups excluding carboxylic acids is 2. The van der Waals surface area contributed by atoms with E-state index in [1.54, 1.807) is 35.0 Å². The zero-order valence-corrected chi connectivity index (χ0v) is 19.1. The Morgan fingerprint density at radius 2 is 1.68 bits per heavy atom. The zero-order valence-electron chi connectivity index (χ0n) is 19.1. The lowest BCUT2D eigenvalue weighted by Gasteiger charge is -2.11. The molecule has 3 aromatic carbocycles. The molecule has 1 N–H and O–H groups in total. The van der Waals surface area contributed by atoms with Gasteiger partial charge in [0.2, 0.25) is 5.88 Å². The molecular formula is C27H24FN3O3. The number of aryl methyl sites for hydroxylation is 2. The van der Waals surface area contributed by atoms with Crippen molar-refractivity contribution in [3.8, 4) is 22.7 Å². The van der Waals surface area contributed by atoms with Gasteiger partial charge in [0.25, 0.3) is 5.91 Å². The van der Waals surface area contributed by atoms with E-state index in [-0.39, 0.29) is 5.56 Å². The summed E-state index contributed by atoms with van der Waals surface area (Å²) in [6, 6.07) is 20.6. The third kappa shape index (κ3) is 4.73. The van der Waals surface area contributed by atoms with Crippen molar-refractivity contribution in [2.45, 2.75) is 27.2 Å². The molecule has 0 fully saturated rings. The number of esters is 1. The predicted octanol–water partition coefficient (Wildman–Crippen LogP) is 5.73. The van der Waals surface area contributed by atoms with Gasteiger partial charge in [-0.1, -0.05) is 48.9 Å². The van der Waals surface area contributed by atoms with Gasteiger partial charge in [0.1, 0.15) is 5.82 Å². The van der Waals surface area contributed by atoms with Gasteiger partial charge in [0, 0.05) is 12.6 Å². The SMILES string of the molecule is CCc1nn(-c2ccc(C)cc2)c(OC(C)=O)c1-c1ccc(NC(=O)c2ccccc2F)cc1. The molecule has 0 aliphatic carbocycles. The van der Waals surface area contributed by atoms with Gasteiger partial charge in [0.05, 0.1) is 22.5 Å². The summed E-state index contributed by atoms with van der Waals surface area (Å²) in [7, 11) is 0. The van der Waals surface area contributed by atoms with Crippen LogP contribution in [-0.2, 0) is 11.2 Å². The highest BCUT2D eigenvalue weighted by Gasteiger charge is 2.22. The maximum absolute atomic E-state index is 13.9. The standard InChI is InChI=1S/C27H24FN3O3/c1-4-24-25(27(34-18(3)32)31(30-24)21-15-9-17(2)10-16-21)19-11-13-20(14-12-19)29-26(33)22-7-5-6-8-23(22)28/h5-16H,4H2,1-3H3,(H,29,33). The van der Waals surface area contributed by atoms with Crippen molar-refractivity contribution in [1.82, 2.24) is 9.78 Å². The van der Waals surface area contributed by atoms with Crippen molar-refractivity contribution in [1.29, 1.82) is 0 Å². The van der Waals surface area contributed by atoms with E-state index in [9.17, 15) is 14.0 Å². The van der Waals surface area contributed by atoms with E-state index in [2.05, 4.69) is 5.32 Å². The van der Waals surface area contributed by atoms with E-state index in [0.717, 1.165) is 22.5 Å². The fourth-order valence-electron chi connectivity index (χ4n) is 3.64. The number of aromatic nitrogens is 2. The minimum Gasteiger partial charge on any atom is -0.407 e. The van der Waals surface area contributed by atoms with Crippen LogP contribution in [0.2, 0.25) is 0 Å².